The largest absolute Gasteiger partial charge is 0.479 e. The van der Waals surface area contributed by atoms with Gasteiger partial charge in [0.1, 0.15) is 5.75 Å². The Morgan fingerprint density at radius 3 is 2.82 bits per heavy atom. The molecule has 1 aromatic rings. The van der Waals surface area contributed by atoms with Crippen LogP contribution >= 0.6 is 0 Å². The molecule has 0 aliphatic carbocycles. The number of benzene rings is 1. The molecule has 1 fully saturated rings. The van der Waals surface area contributed by atoms with Gasteiger partial charge in [-0.2, -0.15) is 0 Å². The van der Waals surface area contributed by atoms with Crippen LogP contribution in [0, 0.1) is 5.92 Å². The van der Waals surface area contributed by atoms with Crippen molar-refractivity contribution >= 4 is 17.5 Å². The van der Waals surface area contributed by atoms with Crippen LogP contribution in [0.3, 0.4) is 0 Å². The van der Waals surface area contributed by atoms with E-state index in [1.54, 1.807) is 37.1 Å². The van der Waals surface area contributed by atoms with Crippen LogP contribution in [0.25, 0.3) is 0 Å². The first kappa shape index (κ1) is 14.9. The number of ether oxygens (including phenoxy) is 1. The van der Waals surface area contributed by atoms with Crippen molar-refractivity contribution in [3.05, 3.63) is 23.8 Å². The molecule has 0 saturated carbocycles. The second-order valence-electron chi connectivity index (χ2n) is 6.34. The molecule has 22 heavy (non-hydrogen) atoms. The molecule has 2 unspecified atom stereocenters. The van der Waals surface area contributed by atoms with Crippen molar-refractivity contribution in [2.45, 2.75) is 32.8 Å². The third-order valence-electron chi connectivity index (χ3n) is 4.49. The van der Waals surface area contributed by atoms with Crippen LogP contribution in [0.1, 0.15) is 37.0 Å². The SMILES string of the molecule is CC1CCCN(C(=O)c2ccc3c(c2)OC(C)C(=O)N3C)C1. The van der Waals surface area contributed by atoms with Crippen molar-refractivity contribution < 1.29 is 14.3 Å². The maximum Gasteiger partial charge on any atom is 0.267 e. The van der Waals surface area contributed by atoms with E-state index in [0.29, 0.717) is 22.9 Å². The lowest BCUT2D eigenvalue weighted by Crippen LogP contribution is -2.42. The van der Waals surface area contributed by atoms with Gasteiger partial charge in [0.25, 0.3) is 11.8 Å². The average Bonchev–Trinajstić information content (AvgIpc) is 2.51. The first-order valence-corrected chi connectivity index (χ1v) is 7.85. The summed E-state index contributed by atoms with van der Waals surface area (Å²) in [5.74, 6) is 1.13. The van der Waals surface area contributed by atoms with Crippen molar-refractivity contribution in [2.75, 3.05) is 25.0 Å². The lowest BCUT2D eigenvalue weighted by atomic mass is 9.99. The molecule has 5 nitrogen and oxygen atoms in total. The predicted molar refractivity (Wildman–Crippen MR) is 84.2 cm³/mol. The number of anilines is 1. The molecule has 2 amide bonds. The second-order valence-corrected chi connectivity index (χ2v) is 6.34. The zero-order chi connectivity index (χ0) is 15.9. The Kier molecular flexibility index (Phi) is 3.81. The summed E-state index contributed by atoms with van der Waals surface area (Å²) in [4.78, 5) is 28.1. The summed E-state index contributed by atoms with van der Waals surface area (Å²) in [6.07, 6.45) is 1.72. The molecule has 1 aromatic carbocycles. The number of hydrogen-bond donors (Lipinski definition) is 0. The summed E-state index contributed by atoms with van der Waals surface area (Å²) in [5.41, 5.74) is 1.34. The first-order chi connectivity index (χ1) is 10.5. The summed E-state index contributed by atoms with van der Waals surface area (Å²) in [7, 11) is 1.73. The highest BCUT2D eigenvalue weighted by atomic mass is 16.5. The standard InChI is InChI=1S/C17H22N2O3/c1-11-5-4-8-19(10-11)17(21)13-6-7-14-15(9-13)22-12(2)16(20)18(14)3/h6-7,9,11-12H,4-5,8,10H2,1-3H3. The van der Waals surface area contributed by atoms with Gasteiger partial charge >= 0.3 is 0 Å². The molecule has 2 aliphatic heterocycles. The van der Waals surface area contributed by atoms with Gasteiger partial charge in [-0.1, -0.05) is 6.92 Å². The number of amides is 2. The highest BCUT2D eigenvalue weighted by Crippen LogP contribution is 2.34. The maximum atomic E-state index is 12.6. The quantitative estimate of drug-likeness (QED) is 0.800. The van der Waals surface area contributed by atoms with Gasteiger partial charge in [-0.15, -0.1) is 0 Å². The van der Waals surface area contributed by atoms with Crippen LogP contribution in [0.5, 0.6) is 5.75 Å². The number of nitrogens with zero attached hydrogens (tertiary/aromatic N) is 2. The number of hydrogen-bond acceptors (Lipinski definition) is 3. The first-order valence-electron chi connectivity index (χ1n) is 7.85. The van der Waals surface area contributed by atoms with Gasteiger partial charge in [-0.25, -0.2) is 0 Å². The summed E-state index contributed by atoms with van der Waals surface area (Å²) in [6.45, 7) is 5.53. The normalized spacial score (nSPS) is 24.8. The van der Waals surface area contributed by atoms with E-state index in [-0.39, 0.29) is 11.8 Å². The Hall–Kier alpha value is -2.04. The molecule has 2 atom stereocenters. The van der Waals surface area contributed by atoms with E-state index in [1.165, 1.54) is 6.42 Å². The van der Waals surface area contributed by atoms with Gasteiger partial charge in [0.05, 0.1) is 5.69 Å². The third kappa shape index (κ3) is 2.56. The van der Waals surface area contributed by atoms with E-state index in [0.717, 1.165) is 19.5 Å². The van der Waals surface area contributed by atoms with E-state index >= 15 is 0 Å². The van der Waals surface area contributed by atoms with Crippen molar-refractivity contribution in [1.82, 2.24) is 4.90 Å². The van der Waals surface area contributed by atoms with Gasteiger partial charge in [0.2, 0.25) is 0 Å². The number of carbonyl (C=O) groups excluding carboxylic acids is 2. The average molecular weight is 302 g/mol. The Bertz CT molecular complexity index is 614. The zero-order valence-corrected chi connectivity index (χ0v) is 13.3. The Morgan fingerprint density at radius 1 is 1.32 bits per heavy atom. The molecule has 2 heterocycles. The van der Waals surface area contributed by atoms with Crippen molar-refractivity contribution in [1.29, 1.82) is 0 Å². The number of fused-ring (bicyclic) bond motifs is 1. The van der Waals surface area contributed by atoms with Crippen molar-refractivity contribution in [2.24, 2.45) is 5.92 Å². The van der Waals surface area contributed by atoms with E-state index in [1.807, 2.05) is 4.90 Å². The van der Waals surface area contributed by atoms with Gasteiger partial charge in [-0.3, -0.25) is 9.59 Å². The van der Waals surface area contributed by atoms with E-state index < -0.39 is 6.10 Å². The minimum absolute atomic E-state index is 0.0464. The molecule has 1 saturated heterocycles. The summed E-state index contributed by atoms with van der Waals surface area (Å²) < 4.78 is 5.65. The highest BCUT2D eigenvalue weighted by Gasteiger charge is 2.30. The number of piperidine rings is 1. The molecular formula is C17H22N2O3. The second kappa shape index (κ2) is 5.63. The minimum atomic E-state index is -0.516. The van der Waals surface area contributed by atoms with Crippen LogP contribution < -0.4 is 9.64 Å². The molecule has 118 valence electrons. The maximum absolute atomic E-state index is 12.6. The molecule has 3 rings (SSSR count). The summed E-state index contributed by atoms with van der Waals surface area (Å²) in [5, 5.41) is 0. The molecule has 0 aromatic heterocycles. The van der Waals surface area contributed by atoms with E-state index in [4.69, 9.17) is 4.74 Å². The monoisotopic (exact) mass is 302 g/mol. The summed E-state index contributed by atoms with van der Waals surface area (Å²) in [6, 6.07) is 5.33. The molecule has 0 bridgehead atoms. The topological polar surface area (TPSA) is 49.9 Å². The van der Waals surface area contributed by atoms with Crippen LogP contribution in [0.15, 0.2) is 18.2 Å². The smallest absolute Gasteiger partial charge is 0.267 e. The Balaban J connectivity index is 1.86. The summed E-state index contributed by atoms with van der Waals surface area (Å²) >= 11 is 0. The molecule has 0 radical (unpaired) electrons. The van der Waals surface area contributed by atoms with Gasteiger partial charge in [0.15, 0.2) is 6.10 Å². The predicted octanol–water partition coefficient (Wildman–Crippen LogP) is 2.30. The van der Waals surface area contributed by atoms with Gasteiger partial charge in [-0.05, 0) is 43.9 Å². The Morgan fingerprint density at radius 2 is 2.09 bits per heavy atom. The molecule has 0 spiro atoms. The Labute approximate surface area is 130 Å². The molecule has 5 heteroatoms. The fourth-order valence-corrected chi connectivity index (χ4v) is 3.21. The van der Waals surface area contributed by atoms with Gasteiger partial charge < -0.3 is 14.5 Å². The third-order valence-corrected chi connectivity index (χ3v) is 4.49. The van der Waals surface area contributed by atoms with Crippen LogP contribution in [0.4, 0.5) is 5.69 Å². The lowest BCUT2D eigenvalue weighted by Gasteiger charge is -2.32. The minimum Gasteiger partial charge on any atom is -0.479 e. The number of likely N-dealkylation sites (tertiary alicyclic amines) is 1. The van der Waals surface area contributed by atoms with Gasteiger partial charge in [0, 0.05) is 25.7 Å². The lowest BCUT2D eigenvalue weighted by molar-refractivity contribution is -0.125. The number of likely N-dealkylation sites (N-methyl/N-ethyl adjacent to an activating group) is 1. The van der Waals surface area contributed by atoms with E-state index in [9.17, 15) is 9.59 Å². The number of carbonyl (C=O) groups is 2. The molecule has 0 N–H and O–H groups in total. The van der Waals surface area contributed by atoms with Crippen LogP contribution in [-0.4, -0.2) is 43.0 Å². The molecule has 2 aliphatic rings. The fourth-order valence-electron chi connectivity index (χ4n) is 3.21. The van der Waals surface area contributed by atoms with Crippen LogP contribution in [-0.2, 0) is 4.79 Å². The van der Waals surface area contributed by atoms with Crippen molar-refractivity contribution in [3.8, 4) is 5.75 Å². The zero-order valence-electron chi connectivity index (χ0n) is 13.3. The van der Waals surface area contributed by atoms with Crippen LogP contribution in [0.2, 0.25) is 0 Å². The number of rotatable bonds is 1. The van der Waals surface area contributed by atoms with E-state index in [2.05, 4.69) is 6.92 Å². The fraction of sp³-hybridized carbons (Fsp3) is 0.529. The highest BCUT2D eigenvalue weighted by molar-refractivity contribution is 6.01. The molecular weight excluding hydrogens is 280 g/mol. The van der Waals surface area contributed by atoms with Crippen molar-refractivity contribution in [3.63, 3.8) is 0 Å².